The van der Waals surface area contributed by atoms with Gasteiger partial charge < -0.3 is 15.6 Å². The number of halogens is 3. The van der Waals surface area contributed by atoms with Crippen molar-refractivity contribution in [1.29, 1.82) is 0 Å². The number of rotatable bonds is 3. The number of para-hydroxylation sites is 1. The molecule has 0 amide bonds. The van der Waals surface area contributed by atoms with Crippen LogP contribution in [0.5, 0.6) is 11.5 Å². The molecule has 0 radical (unpaired) electrons. The fourth-order valence-electron chi connectivity index (χ4n) is 1.81. The van der Waals surface area contributed by atoms with Crippen molar-refractivity contribution in [1.82, 2.24) is 0 Å². The quantitative estimate of drug-likeness (QED) is 0.908. The van der Waals surface area contributed by atoms with Crippen LogP contribution in [-0.2, 0) is 0 Å². The summed E-state index contributed by atoms with van der Waals surface area (Å²) >= 11 is 0. The standard InChI is InChI=1S/C14H12F3NO2/c15-14(16,17)20-10-7-5-9(6-8-10)13(18)11-3-1-2-4-12(11)19/h1-8,13,19H,18H2/t13-/m0/s1. The normalized spacial score (nSPS) is 13.0. The van der Waals surface area contributed by atoms with Crippen LogP contribution in [-0.4, -0.2) is 11.5 Å². The predicted molar refractivity (Wildman–Crippen MR) is 67.3 cm³/mol. The zero-order chi connectivity index (χ0) is 14.8. The molecule has 0 aliphatic rings. The number of phenols is 1. The highest BCUT2D eigenvalue weighted by Gasteiger charge is 2.31. The molecule has 0 heterocycles. The van der Waals surface area contributed by atoms with Gasteiger partial charge in [-0.2, -0.15) is 0 Å². The van der Waals surface area contributed by atoms with E-state index in [9.17, 15) is 18.3 Å². The van der Waals surface area contributed by atoms with Crippen molar-refractivity contribution in [3.8, 4) is 11.5 Å². The highest BCUT2D eigenvalue weighted by molar-refractivity contribution is 5.41. The van der Waals surface area contributed by atoms with Gasteiger partial charge in [-0.1, -0.05) is 30.3 Å². The summed E-state index contributed by atoms with van der Waals surface area (Å²) in [5.74, 6) is -0.277. The Morgan fingerprint density at radius 3 is 2.15 bits per heavy atom. The third-order valence-electron chi connectivity index (χ3n) is 2.74. The van der Waals surface area contributed by atoms with Gasteiger partial charge in [-0.15, -0.1) is 13.2 Å². The first-order chi connectivity index (χ1) is 9.37. The average molecular weight is 283 g/mol. The monoisotopic (exact) mass is 283 g/mol. The summed E-state index contributed by atoms with van der Waals surface area (Å²) < 4.78 is 39.9. The summed E-state index contributed by atoms with van der Waals surface area (Å²) in [4.78, 5) is 0. The second-order valence-electron chi connectivity index (χ2n) is 4.15. The lowest BCUT2D eigenvalue weighted by molar-refractivity contribution is -0.274. The second kappa shape index (κ2) is 5.42. The van der Waals surface area contributed by atoms with Crippen molar-refractivity contribution in [2.24, 2.45) is 5.73 Å². The van der Waals surface area contributed by atoms with E-state index >= 15 is 0 Å². The van der Waals surface area contributed by atoms with Gasteiger partial charge in [-0.05, 0) is 23.8 Å². The Hall–Kier alpha value is -2.21. The molecule has 3 N–H and O–H groups in total. The van der Waals surface area contributed by atoms with E-state index in [-0.39, 0.29) is 11.5 Å². The molecule has 0 saturated heterocycles. The van der Waals surface area contributed by atoms with Gasteiger partial charge in [0, 0.05) is 5.56 Å². The number of phenolic OH excluding ortho intramolecular Hbond substituents is 1. The zero-order valence-electron chi connectivity index (χ0n) is 10.3. The molecule has 106 valence electrons. The first-order valence-corrected chi connectivity index (χ1v) is 5.76. The maximum atomic E-state index is 12.0. The summed E-state index contributed by atoms with van der Waals surface area (Å²) in [5, 5.41) is 9.70. The Bertz CT molecular complexity index is 582. The SMILES string of the molecule is N[C@@H](c1ccc(OC(F)(F)F)cc1)c1ccccc1O. The van der Waals surface area contributed by atoms with Crippen LogP contribution in [0.3, 0.4) is 0 Å². The molecule has 0 aromatic heterocycles. The predicted octanol–water partition coefficient (Wildman–Crippen LogP) is 3.34. The Morgan fingerprint density at radius 1 is 1.00 bits per heavy atom. The molecule has 0 spiro atoms. The van der Waals surface area contributed by atoms with Crippen molar-refractivity contribution in [2.75, 3.05) is 0 Å². The highest BCUT2D eigenvalue weighted by atomic mass is 19.4. The van der Waals surface area contributed by atoms with E-state index in [4.69, 9.17) is 5.73 Å². The maximum Gasteiger partial charge on any atom is 0.573 e. The number of hydrogen-bond donors (Lipinski definition) is 2. The Kier molecular flexibility index (Phi) is 3.85. The van der Waals surface area contributed by atoms with Gasteiger partial charge in [0.1, 0.15) is 11.5 Å². The van der Waals surface area contributed by atoms with Gasteiger partial charge >= 0.3 is 6.36 Å². The Labute approximate surface area is 113 Å². The fourth-order valence-corrected chi connectivity index (χ4v) is 1.81. The molecular weight excluding hydrogens is 271 g/mol. The largest absolute Gasteiger partial charge is 0.573 e. The molecular formula is C14H12F3NO2. The maximum absolute atomic E-state index is 12.0. The lowest BCUT2D eigenvalue weighted by Crippen LogP contribution is -2.17. The topological polar surface area (TPSA) is 55.5 Å². The third kappa shape index (κ3) is 3.42. The van der Waals surface area contributed by atoms with E-state index in [1.807, 2.05) is 0 Å². The zero-order valence-corrected chi connectivity index (χ0v) is 10.3. The molecule has 0 aliphatic carbocycles. The van der Waals surface area contributed by atoms with Gasteiger partial charge in [-0.25, -0.2) is 0 Å². The lowest BCUT2D eigenvalue weighted by Gasteiger charge is -2.15. The van der Waals surface area contributed by atoms with Crippen molar-refractivity contribution < 1.29 is 23.0 Å². The molecule has 3 nitrogen and oxygen atoms in total. The molecule has 6 heteroatoms. The first-order valence-electron chi connectivity index (χ1n) is 5.76. The van der Waals surface area contributed by atoms with E-state index < -0.39 is 12.4 Å². The lowest BCUT2D eigenvalue weighted by atomic mass is 9.99. The Balaban J connectivity index is 2.20. The van der Waals surface area contributed by atoms with Crippen molar-refractivity contribution in [3.05, 3.63) is 59.7 Å². The van der Waals surface area contributed by atoms with Crippen LogP contribution < -0.4 is 10.5 Å². The number of nitrogens with two attached hydrogens (primary N) is 1. The summed E-state index contributed by atoms with van der Waals surface area (Å²) in [5.41, 5.74) is 7.04. The van der Waals surface area contributed by atoms with Gasteiger partial charge in [-0.3, -0.25) is 0 Å². The van der Waals surface area contributed by atoms with E-state index in [0.717, 1.165) is 0 Å². The fraction of sp³-hybridized carbons (Fsp3) is 0.143. The van der Waals surface area contributed by atoms with Gasteiger partial charge in [0.2, 0.25) is 0 Å². The van der Waals surface area contributed by atoms with Crippen molar-refractivity contribution in [2.45, 2.75) is 12.4 Å². The van der Waals surface area contributed by atoms with Crippen LogP contribution in [0.2, 0.25) is 0 Å². The van der Waals surface area contributed by atoms with E-state index in [1.165, 1.54) is 30.3 Å². The minimum absolute atomic E-state index is 0.0376. The molecule has 0 aliphatic heterocycles. The molecule has 2 rings (SSSR count). The summed E-state index contributed by atoms with van der Waals surface area (Å²) in [6, 6.07) is 11.1. The molecule has 1 atom stereocenters. The van der Waals surface area contributed by atoms with Crippen LogP contribution in [0, 0.1) is 0 Å². The van der Waals surface area contributed by atoms with Gasteiger partial charge in [0.15, 0.2) is 0 Å². The van der Waals surface area contributed by atoms with Gasteiger partial charge in [0.05, 0.1) is 6.04 Å². The number of benzene rings is 2. The minimum atomic E-state index is -4.72. The average Bonchev–Trinajstić information content (AvgIpc) is 2.37. The molecule has 0 unspecified atom stereocenters. The first kappa shape index (κ1) is 14.2. The highest BCUT2D eigenvalue weighted by Crippen LogP contribution is 2.29. The van der Waals surface area contributed by atoms with Crippen molar-refractivity contribution in [3.63, 3.8) is 0 Å². The number of alkyl halides is 3. The molecule has 0 bridgehead atoms. The number of hydrogen-bond acceptors (Lipinski definition) is 3. The second-order valence-corrected chi connectivity index (χ2v) is 4.15. The van der Waals surface area contributed by atoms with Crippen LogP contribution >= 0.6 is 0 Å². The molecule has 0 saturated carbocycles. The molecule has 2 aromatic rings. The van der Waals surface area contributed by atoms with E-state index in [0.29, 0.717) is 11.1 Å². The van der Waals surface area contributed by atoms with E-state index in [2.05, 4.69) is 4.74 Å². The number of ether oxygens (including phenoxy) is 1. The van der Waals surface area contributed by atoms with Crippen LogP contribution in [0.25, 0.3) is 0 Å². The third-order valence-corrected chi connectivity index (χ3v) is 2.74. The van der Waals surface area contributed by atoms with Gasteiger partial charge in [0.25, 0.3) is 0 Å². The van der Waals surface area contributed by atoms with Crippen LogP contribution in [0.1, 0.15) is 17.2 Å². The molecule has 20 heavy (non-hydrogen) atoms. The molecule has 0 fully saturated rings. The smallest absolute Gasteiger partial charge is 0.508 e. The van der Waals surface area contributed by atoms with Crippen LogP contribution in [0.4, 0.5) is 13.2 Å². The Morgan fingerprint density at radius 2 is 1.60 bits per heavy atom. The number of aromatic hydroxyl groups is 1. The van der Waals surface area contributed by atoms with Crippen LogP contribution in [0.15, 0.2) is 48.5 Å². The van der Waals surface area contributed by atoms with Crippen molar-refractivity contribution >= 4 is 0 Å². The van der Waals surface area contributed by atoms with E-state index in [1.54, 1.807) is 18.2 Å². The molecule has 2 aromatic carbocycles. The minimum Gasteiger partial charge on any atom is -0.508 e. The summed E-state index contributed by atoms with van der Waals surface area (Å²) in [6.07, 6.45) is -4.72. The summed E-state index contributed by atoms with van der Waals surface area (Å²) in [6.45, 7) is 0. The summed E-state index contributed by atoms with van der Waals surface area (Å²) in [7, 11) is 0.